The van der Waals surface area contributed by atoms with Gasteiger partial charge in [-0.1, -0.05) is 12.1 Å². The van der Waals surface area contributed by atoms with Crippen LogP contribution in [0.1, 0.15) is 18.4 Å². The maximum Gasteiger partial charge on any atom is 0.137 e. The van der Waals surface area contributed by atoms with Crippen molar-refractivity contribution in [1.29, 1.82) is 0 Å². The molecule has 118 valence electrons. The molecule has 1 saturated heterocycles. The van der Waals surface area contributed by atoms with Gasteiger partial charge in [-0.15, -0.1) is 0 Å². The quantitative estimate of drug-likeness (QED) is 0.724. The third-order valence-corrected chi connectivity index (χ3v) is 4.45. The van der Waals surface area contributed by atoms with Crippen LogP contribution < -0.4 is 0 Å². The van der Waals surface area contributed by atoms with Gasteiger partial charge in [0.25, 0.3) is 0 Å². The summed E-state index contributed by atoms with van der Waals surface area (Å²) < 4.78 is 3.82. The van der Waals surface area contributed by atoms with Crippen molar-refractivity contribution in [2.75, 3.05) is 6.54 Å². The second kappa shape index (κ2) is 6.34. The fraction of sp³-hybridized carbons (Fsp3) is 0.353. The number of aromatic nitrogens is 5. The van der Waals surface area contributed by atoms with Gasteiger partial charge < -0.3 is 0 Å². The molecule has 2 aromatic heterocycles. The summed E-state index contributed by atoms with van der Waals surface area (Å²) in [5.74, 6) is 0. The molecule has 1 aliphatic heterocycles. The Labute approximate surface area is 135 Å². The Kier molecular flexibility index (Phi) is 3.90. The third kappa shape index (κ3) is 3.17. The number of likely N-dealkylation sites (tertiary alicyclic amines) is 1. The summed E-state index contributed by atoms with van der Waals surface area (Å²) in [4.78, 5) is 6.58. The lowest BCUT2D eigenvalue weighted by Crippen LogP contribution is -2.32. The van der Waals surface area contributed by atoms with E-state index in [4.69, 9.17) is 0 Å². The fourth-order valence-electron chi connectivity index (χ4n) is 3.26. The molecule has 4 rings (SSSR count). The smallest absolute Gasteiger partial charge is 0.137 e. The van der Waals surface area contributed by atoms with E-state index < -0.39 is 0 Å². The van der Waals surface area contributed by atoms with E-state index in [9.17, 15) is 0 Å². The minimum Gasteiger partial charge on any atom is -0.294 e. The van der Waals surface area contributed by atoms with Gasteiger partial charge in [0.1, 0.15) is 12.7 Å². The second-order valence-electron chi connectivity index (χ2n) is 6.00. The highest BCUT2D eigenvalue weighted by Crippen LogP contribution is 2.21. The van der Waals surface area contributed by atoms with E-state index in [1.165, 1.54) is 18.4 Å². The topological polar surface area (TPSA) is 51.8 Å². The molecule has 1 aromatic carbocycles. The van der Waals surface area contributed by atoms with Crippen LogP contribution in [-0.2, 0) is 13.1 Å². The molecule has 0 N–H and O–H groups in total. The van der Waals surface area contributed by atoms with Crippen molar-refractivity contribution in [3.05, 3.63) is 60.9 Å². The molecule has 3 heterocycles. The van der Waals surface area contributed by atoms with Crippen LogP contribution in [0.15, 0.2) is 55.4 Å². The molecule has 0 spiro atoms. The molecular formula is C17H20N6. The van der Waals surface area contributed by atoms with Crippen LogP contribution >= 0.6 is 0 Å². The van der Waals surface area contributed by atoms with Gasteiger partial charge >= 0.3 is 0 Å². The van der Waals surface area contributed by atoms with E-state index in [1.54, 1.807) is 18.9 Å². The van der Waals surface area contributed by atoms with Gasteiger partial charge in [0.15, 0.2) is 0 Å². The first-order chi connectivity index (χ1) is 11.4. The molecule has 1 unspecified atom stereocenters. The highest BCUT2D eigenvalue weighted by molar-refractivity contribution is 5.33. The molecule has 0 aliphatic carbocycles. The number of hydrogen-bond acceptors (Lipinski definition) is 4. The summed E-state index contributed by atoms with van der Waals surface area (Å²) in [7, 11) is 0. The summed E-state index contributed by atoms with van der Waals surface area (Å²) in [6.07, 6.45) is 9.65. The van der Waals surface area contributed by atoms with Crippen molar-refractivity contribution < 1.29 is 0 Å². The number of hydrogen-bond donors (Lipinski definition) is 0. The van der Waals surface area contributed by atoms with Crippen molar-refractivity contribution in [3.8, 4) is 5.69 Å². The average molecular weight is 308 g/mol. The predicted octanol–water partition coefficient (Wildman–Crippen LogP) is 2.13. The first-order valence-electron chi connectivity index (χ1n) is 8.04. The Hall–Kier alpha value is -2.47. The summed E-state index contributed by atoms with van der Waals surface area (Å²) >= 11 is 0. The molecule has 0 saturated carbocycles. The Balaban J connectivity index is 1.42. The van der Waals surface area contributed by atoms with Crippen LogP contribution in [0.2, 0.25) is 0 Å². The Morgan fingerprint density at radius 1 is 1.13 bits per heavy atom. The van der Waals surface area contributed by atoms with Crippen molar-refractivity contribution in [1.82, 2.24) is 29.4 Å². The minimum atomic E-state index is 0.544. The van der Waals surface area contributed by atoms with Crippen LogP contribution in [0.5, 0.6) is 0 Å². The van der Waals surface area contributed by atoms with Crippen LogP contribution in [0.4, 0.5) is 0 Å². The van der Waals surface area contributed by atoms with Gasteiger partial charge in [-0.2, -0.15) is 10.2 Å². The summed E-state index contributed by atoms with van der Waals surface area (Å²) in [5, 5.41) is 8.49. The van der Waals surface area contributed by atoms with Crippen molar-refractivity contribution >= 4 is 0 Å². The van der Waals surface area contributed by atoms with Gasteiger partial charge in [-0.05, 0) is 43.1 Å². The molecule has 1 aliphatic rings. The third-order valence-electron chi connectivity index (χ3n) is 4.45. The van der Waals surface area contributed by atoms with Crippen molar-refractivity contribution in [2.24, 2.45) is 0 Å². The Morgan fingerprint density at radius 3 is 2.78 bits per heavy atom. The summed E-state index contributed by atoms with van der Waals surface area (Å²) in [6.45, 7) is 3.06. The van der Waals surface area contributed by atoms with E-state index in [1.807, 2.05) is 21.6 Å². The lowest BCUT2D eigenvalue weighted by Gasteiger charge is -2.24. The highest BCUT2D eigenvalue weighted by atomic mass is 15.3. The highest BCUT2D eigenvalue weighted by Gasteiger charge is 2.24. The summed E-state index contributed by atoms with van der Waals surface area (Å²) in [6, 6.07) is 11.1. The molecule has 1 fully saturated rings. The molecular weight excluding hydrogens is 288 g/mol. The summed E-state index contributed by atoms with van der Waals surface area (Å²) in [5.41, 5.74) is 2.44. The normalized spacial score (nSPS) is 18.5. The van der Waals surface area contributed by atoms with Crippen LogP contribution in [0, 0.1) is 0 Å². The molecule has 0 radical (unpaired) electrons. The van der Waals surface area contributed by atoms with Crippen LogP contribution in [0.3, 0.4) is 0 Å². The number of nitrogens with zero attached hydrogens (tertiary/aromatic N) is 6. The Morgan fingerprint density at radius 2 is 2.04 bits per heavy atom. The monoisotopic (exact) mass is 308 g/mol. The van der Waals surface area contributed by atoms with E-state index in [0.717, 1.165) is 25.3 Å². The fourth-order valence-corrected chi connectivity index (χ4v) is 3.26. The second-order valence-corrected chi connectivity index (χ2v) is 6.00. The lowest BCUT2D eigenvalue weighted by molar-refractivity contribution is 0.219. The van der Waals surface area contributed by atoms with Gasteiger partial charge in [0.05, 0.1) is 12.2 Å². The van der Waals surface area contributed by atoms with E-state index in [0.29, 0.717) is 6.04 Å². The lowest BCUT2D eigenvalue weighted by atomic mass is 10.1. The maximum absolute atomic E-state index is 4.26. The molecule has 23 heavy (non-hydrogen) atoms. The van der Waals surface area contributed by atoms with Crippen LogP contribution in [-0.4, -0.2) is 42.0 Å². The minimum absolute atomic E-state index is 0.544. The molecule has 6 nitrogen and oxygen atoms in total. The van der Waals surface area contributed by atoms with Crippen molar-refractivity contribution in [3.63, 3.8) is 0 Å². The van der Waals surface area contributed by atoms with Gasteiger partial charge in [0.2, 0.25) is 0 Å². The maximum atomic E-state index is 4.26. The Bertz CT molecular complexity index is 717. The first-order valence-corrected chi connectivity index (χ1v) is 8.04. The molecule has 1 atom stereocenters. The molecule has 3 aromatic rings. The average Bonchev–Trinajstić information content (AvgIpc) is 3.32. The van der Waals surface area contributed by atoms with E-state index >= 15 is 0 Å². The molecule has 0 amide bonds. The largest absolute Gasteiger partial charge is 0.294 e. The van der Waals surface area contributed by atoms with Gasteiger partial charge in [0, 0.05) is 25.0 Å². The van der Waals surface area contributed by atoms with Crippen LogP contribution in [0.25, 0.3) is 5.69 Å². The zero-order valence-corrected chi connectivity index (χ0v) is 13.0. The van der Waals surface area contributed by atoms with Gasteiger partial charge in [-0.3, -0.25) is 9.58 Å². The standard InChI is InChI=1S/C17H20N6/c1-3-17(12-22-14-18-13-20-22)21(9-1)11-15-4-6-16(7-5-15)23-10-2-8-19-23/h2,4-8,10,13-14,17H,1,3,9,11-12H2. The van der Waals surface area contributed by atoms with E-state index in [2.05, 4.69) is 44.3 Å². The molecule has 0 bridgehead atoms. The zero-order chi connectivity index (χ0) is 15.5. The zero-order valence-electron chi connectivity index (χ0n) is 13.0. The van der Waals surface area contributed by atoms with Gasteiger partial charge in [-0.25, -0.2) is 9.67 Å². The number of rotatable bonds is 5. The van der Waals surface area contributed by atoms with Crippen molar-refractivity contribution in [2.45, 2.75) is 32.0 Å². The number of benzene rings is 1. The molecule has 6 heteroatoms. The first kappa shape index (κ1) is 14.1. The predicted molar refractivity (Wildman–Crippen MR) is 87.0 cm³/mol. The SMILES string of the molecule is c1cnn(-c2ccc(CN3CCCC3Cn3cncn3)cc2)c1. The van der Waals surface area contributed by atoms with E-state index in [-0.39, 0.29) is 0 Å².